The summed E-state index contributed by atoms with van der Waals surface area (Å²) in [5.74, 6) is 0.743. The van der Waals surface area contributed by atoms with E-state index in [-0.39, 0.29) is 5.54 Å². The van der Waals surface area contributed by atoms with Crippen molar-refractivity contribution in [2.75, 3.05) is 0 Å². The molecule has 0 amide bonds. The van der Waals surface area contributed by atoms with E-state index in [9.17, 15) is 0 Å². The van der Waals surface area contributed by atoms with Crippen LogP contribution in [0.4, 0.5) is 0 Å². The summed E-state index contributed by atoms with van der Waals surface area (Å²) in [5.41, 5.74) is 0.951. The summed E-state index contributed by atoms with van der Waals surface area (Å²) in [5, 5.41) is 13.7. The van der Waals surface area contributed by atoms with Gasteiger partial charge in [-0.3, -0.25) is 0 Å². The molecule has 0 radical (unpaired) electrons. The van der Waals surface area contributed by atoms with Gasteiger partial charge in [0.1, 0.15) is 0 Å². The SMILES string of the molecule is CC(C)(C)n1nnnc1SCc1ccc(Cl)c(Cl)c1. The Morgan fingerprint density at radius 3 is 2.58 bits per heavy atom. The highest BCUT2D eigenvalue weighted by Crippen LogP contribution is 2.28. The lowest BCUT2D eigenvalue weighted by molar-refractivity contribution is 0.321. The predicted molar refractivity (Wildman–Crippen MR) is 78.8 cm³/mol. The van der Waals surface area contributed by atoms with Gasteiger partial charge in [0.25, 0.3) is 0 Å². The molecule has 0 unspecified atom stereocenters. The number of halogens is 2. The van der Waals surface area contributed by atoms with Gasteiger partial charge in [0.15, 0.2) is 0 Å². The largest absolute Gasteiger partial charge is 0.215 e. The lowest BCUT2D eigenvalue weighted by Crippen LogP contribution is -2.24. The van der Waals surface area contributed by atoms with Crippen molar-refractivity contribution in [3.63, 3.8) is 0 Å². The molecule has 7 heteroatoms. The fourth-order valence-electron chi connectivity index (χ4n) is 1.47. The second-order valence-corrected chi connectivity index (χ2v) is 6.84. The zero-order chi connectivity index (χ0) is 14.0. The highest BCUT2D eigenvalue weighted by atomic mass is 35.5. The number of tetrazole rings is 1. The molecule has 1 aromatic heterocycles. The molecule has 0 saturated heterocycles. The van der Waals surface area contributed by atoms with Gasteiger partial charge < -0.3 is 0 Å². The maximum absolute atomic E-state index is 5.99. The topological polar surface area (TPSA) is 43.6 Å². The maximum atomic E-state index is 5.99. The number of aromatic nitrogens is 4. The van der Waals surface area contributed by atoms with Crippen LogP contribution in [0.15, 0.2) is 23.4 Å². The zero-order valence-corrected chi connectivity index (χ0v) is 13.2. The highest BCUT2D eigenvalue weighted by Gasteiger charge is 2.19. The molecule has 1 heterocycles. The average molecular weight is 317 g/mol. The third-order valence-corrected chi connectivity index (χ3v) is 4.16. The van der Waals surface area contributed by atoms with Crippen molar-refractivity contribution >= 4 is 35.0 Å². The standard InChI is InChI=1S/C12H14Cl2N4S/c1-12(2,3)18-11(15-16-17-18)19-7-8-4-5-9(13)10(14)6-8/h4-6H,7H2,1-3H3. The maximum Gasteiger partial charge on any atom is 0.210 e. The monoisotopic (exact) mass is 316 g/mol. The van der Waals surface area contributed by atoms with Gasteiger partial charge in [0.2, 0.25) is 5.16 Å². The smallest absolute Gasteiger partial charge is 0.210 e. The summed E-state index contributed by atoms with van der Waals surface area (Å²) < 4.78 is 1.81. The van der Waals surface area contributed by atoms with Gasteiger partial charge in [-0.25, -0.2) is 4.68 Å². The highest BCUT2D eigenvalue weighted by molar-refractivity contribution is 7.98. The third kappa shape index (κ3) is 3.61. The minimum atomic E-state index is -0.135. The van der Waals surface area contributed by atoms with E-state index < -0.39 is 0 Å². The number of nitrogens with zero attached hydrogens (tertiary/aromatic N) is 4. The van der Waals surface area contributed by atoms with Gasteiger partial charge in [0, 0.05) is 5.75 Å². The van der Waals surface area contributed by atoms with Crippen molar-refractivity contribution in [1.82, 2.24) is 20.2 Å². The molecule has 0 saturated carbocycles. The molecule has 0 N–H and O–H groups in total. The van der Waals surface area contributed by atoms with Crippen molar-refractivity contribution in [2.45, 2.75) is 37.2 Å². The second kappa shape index (κ2) is 5.69. The molecule has 0 spiro atoms. The van der Waals surface area contributed by atoms with E-state index in [2.05, 4.69) is 36.3 Å². The first kappa shape index (κ1) is 14.6. The molecule has 0 aliphatic carbocycles. The molecule has 4 nitrogen and oxygen atoms in total. The van der Waals surface area contributed by atoms with E-state index in [0.717, 1.165) is 16.5 Å². The molecule has 0 atom stereocenters. The van der Waals surface area contributed by atoms with Gasteiger partial charge >= 0.3 is 0 Å². The molecule has 0 aliphatic heterocycles. The molecule has 102 valence electrons. The first-order valence-electron chi connectivity index (χ1n) is 5.73. The minimum Gasteiger partial charge on any atom is -0.215 e. The fraction of sp³-hybridized carbons (Fsp3) is 0.417. The summed E-state index contributed by atoms with van der Waals surface area (Å²) in [6.45, 7) is 6.19. The molecule has 0 fully saturated rings. The number of thioether (sulfide) groups is 1. The molecular weight excluding hydrogens is 303 g/mol. The average Bonchev–Trinajstić information content (AvgIpc) is 2.79. The fourth-order valence-corrected chi connectivity index (χ4v) is 2.79. The van der Waals surface area contributed by atoms with E-state index in [1.807, 2.05) is 16.8 Å². The van der Waals surface area contributed by atoms with Crippen LogP contribution in [-0.4, -0.2) is 20.2 Å². The molecule has 0 aliphatic rings. The van der Waals surface area contributed by atoms with Crippen LogP contribution in [0.3, 0.4) is 0 Å². The molecule has 19 heavy (non-hydrogen) atoms. The van der Waals surface area contributed by atoms with E-state index in [4.69, 9.17) is 23.2 Å². The van der Waals surface area contributed by atoms with Crippen LogP contribution in [0.5, 0.6) is 0 Å². The summed E-state index contributed by atoms with van der Waals surface area (Å²) in [6, 6.07) is 5.61. The normalized spacial score (nSPS) is 11.8. The van der Waals surface area contributed by atoms with Crippen LogP contribution in [0, 0.1) is 0 Å². The van der Waals surface area contributed by atoms with E-state index >= 15 is 0 Å². The first-order chi connectivity index (χ1) is 8.88. The van der Waals surface area contributed by atoms with Crippen LogP contribution in [0.25, 0.3) is 0 Å². The molecule has 2 rings (SSSR count). The van der Waals surface area contributed by atoms with Gasteiger partial charge in [-0.15, -0.1) is 5.10 Å². The summed E-state index contributed by atoms with van der Waals surface area (Å²) in [6.07, 6.45) is 0. The van der Waals surface area contributed by atoms with Crippen LogP contribution < -0.4 is 0 Å². The summed E-state index contributed by atoms with van der Waals surface area (Å²) >= 11 is 13.5. The lowest BCUT2D eigenvalue weighted by atomic mass is 10.1. The van der Waals surface area contributed by atoms with E-state index in [0.29, 0.717) is 10.0 Å². The first-order valence-corrected chi connectivity index (χ1v) is 7.47. The van der Waals surface area contributed by atoms with E-state index in [1.54, 1.807) is 17.8 Å². The van der Waals surface area contributed by atoms with Gasteiger partial charge in [-0.2, -0.15) is 0 Å². The zero-order valence-electron chi connectivity index (χ0n) is 10.9. The third-order valence-electron chi connectivity index (χ3n) is 2.43. The predicted octanol–water partition coefficient (Wildman–Crippen LogP) is 4.03. The van der Waals surface area contributed by atoms with Crippen molar-refractivity contribution in [2.24, 2.45) is 0 Å². The number of rotatable bonds is 3. The molecule has 1 aromatic carbocycles. The Hall–Kier alpha value is -0.780. The Labute approximate surface area is 126 Å². The molecule has 2 aromatic rings. The minimum absolute atomic E-state index is 0.135. The summed E-state index contributed by atoms with van der Waals surface area (Å²) in [4.78, 5) is 0. The van der Waals surface area contributed by atoms with Gasteiger partial charge in [-0.1, -0.05) is 41.0 Å². The van der Waals surface area contributed by atoms with Crippen molar-refractivity contribution < 1.29 is 0 Å². The van der Waals surface area contributed by atoms with Crippen molar-refractivity contribution in [3.8, 4) is 0 Å². The Bertz CT molecular complexity index is 577. The number of hydrogen-bond donors (Lipinski definition) is 0. The van der Waals surface area contributed by atoms with Crippen LogP contribution in [0.1, 0.15) is 26.3 Å². The van der Waals surface area contributed by atoms with Crippen molar-refractivity contribution in [3.05, 3.63) is 33.8 Å². The Morgan fingerprint density at radius 2 is 1.95 bits per heavy atom. The molecule has 0 bridgehead atoms. The van der Waals surface area contributed by atoms with Crippen LogP contribution in [0.2, 0.25) is 10.0 Å². The van der Waals surface area contributed by atoms with Gasteiger partial charge in [0.05, 0.1) is 15.6 Å². The molecular formula is C12H14Cl2N4S. The van der Waals surface area contributed by atoms with Crippen molar-refractivity contribution in [1.29, 1.82) is 0 Å². The quantitative estimate of drug-likeness (QED) is 0.802. The summed E-state index contributed by atoms with van der Waals surface area (Å²) in [7, 11) is 0. The van der Waals surface area contributed by atoms with Gasteiger partial charge in [-0.05, 0) is 48.9 Å². The van der Waals surface area contributed by atoms with E-state index in [1.165, 1.54) is 0 Å². The second-order valence-electron chi connectivity index (χ2n) is 5.08. The lowest BCUT2D eigenvalue weighted by Gasteiger charge is -2.19. The Balaban J connectivity index is 2.11. The van der Waals surface area contributed by atoms with Crippen LogP contribution >= 0.6 is 35.0 Å². The van der Waals surface area contributed by atoms with Crippen LogP contribution in [-0.2, 0) is 11.3 Å². The Kier molecular flexibility index (Phi) is 4.38. The number of hydrogen-bond acceptors (Lipinski definition) is 4. The number of benzene rings is 1. The Morgan fingerprint density at radius 1 is 1.21 bits per heavy atom.